The minimum Gasteiger partial charge on any atom is -0.388 e. The summed E-state index contributed by atoms with van der Waals surface area (Å²) >= 11 is 1.43. The number of hydrogen-bond acceptors (Lipinski definition) is 4. The minimum absolute atomic E-state index is 0.0863. The van der Waals surface area contributed by atoms with Gasteiger partial charge in [0.05, 0.1) is 12.1 Å². The van der Waals surface area contributed by atoms with E-state index in [2.05, 4.69) is 10.6 Å². The zero-order chi connectivity index (χ0) is 15.2. The van der Waals surface area contributed by atoms with Crippen molar-refractivity contribution in [1.29, 1.82) is 0 Å². The molecule has 0 aromatic carbocycles. The fourth-order valence-corrected chi connectivity index (χ4v) is 2.25. The summed E-state index contributed by atoms with van der Waals surface area (Å²) in [5.74, 6) is -0.490. The van der Waals surface area contributed by atoms with E-state index < -0.39 is 5.60 Å². The molecule has 0 aliphatic heterocycles. The Morgan fingerprint density at radius 3 is 2.70 bits per heavy atom. The van der Waals surface area contributed by atoms with E-state index in [1.165, 1.54) is 11.3 Å². The predicted octanol–water partition coefficient (Wildman–Crippen LogP) is 1.39. The second-order valence-corrected chi connectivity index (χ2v) is 5.92. The third-order valence-electron chi connectivity index (χ3n) is 3.51. The molecule has 1 rings (SSSR count). The van der Waals surface area contributed by atoms with E-state index in [1.807, 2.05) is 13.8 Å². The summed E-state index contributed by atoms with van der Waals surface area (Å²) < 4.78 is 0. The average Bonchev–Trinajstić information content (AvgIpc) is 2.95. The van der Waals surface area contributed by atoms with Crippen LogP contribution in [0.4, 0.5) is 0 Å². The van der Waals surface area contributed by atoms with Crippen LogP contribution >= 0.6 is 11.3 Å². The lowest BCUT2D eigenvalue weighted by molar-refractivity contribution is -0.121. The van der Waals surface area contributed by atoms with Crippen LogP contribution in [0.2, 0.25) is 0 Å². The highest BCUT2D eigenvalue weighted by molar-refractivity contribution is 7.08. The number of hydrogen-bond donors (Lipinski definition) is 3. The van der Waals surface area contributed by atoms with Crippen LogP contribution in [-0.4, -0.2) is 35.6 Å². The van der Waals surface area contributed by atoms with Crippen LogP contribution in [0.3, 0.4) is 0 Å². The highest BCUT2D eigenvalue weighted by Crippen LogP contribution is 2.18. The van der Waals surface area contributed by atoms with Crippen molar-refractivity contribution in [1.82, 2.24) is 10.6 Å². The van der Waals surface area contributed by atoms with E-state index in [4.69, 9.17) is 0 Å². The summed E-state index contributed by atoms with van der Waals surface area (Å²) in [5, 5.41) is 18.9. The largest absolute Gasteiger partial charge is 0.388 e. The van der Waals surface area contributed by atoms with Crippen molar-refractivity contribution in [2.45, 2.75) is 32.8 Å². The standard InChI is InChI=1S/C14H22N2O3S/c1-4-10(2)14(3,19)9-16-12(17)7-15-13(18)11-5-6-20-8-11/h5-6,8,10,19H,4,7,9H2,1-3H3,(H,15,18)(H,16,17). The Bertz CT molecular complexity index is 443. The molecule has 3 N–H and O–H groups in total. The van der Waals surface area contributed by atoms with Crippen LogP contribution in [0.1, 0.15) is 37.6 Å². The van der Waals surface area contributed by atoms with Crippen molar-refractivity contribution in [3.8, 4) is 0 Å². The summed E-state index contributed by atoms with van der Waals surface area (Å²) in [6.07, 6.45) is 0.831. The molecule has 0 fully saturated rings. The van der Waals surface area contributed by atoms with Crippen molar-refractivity contribution >= 4 is 23.2 Å². The first-order chi connectivity index (χ1) is 9.36. The molecule has 0 radical (unpaired) electrons. The second kappa shape index (κ2) is 7.40. The predicted molar refractivity (Wildman–Crippen MR) is 79.7 cm³/mol. The molecule has 2 atom stereocenters. The van der Waals surface area contributed by atoms with Gasteiger partial charge in [-0.05, 0) is 24.3 Å². The molecule has 112 valence electrons. The van der Waals surface area contributed by atoms with Gasteiger partial charge in [0.25, 0.3) is 5.91 Å². The van der Waals surface area contributed by atoms with Gasteiger partial charge in [0.15, 0.2) is 0 Å². The molecule has 2 amide bonds. The third-order valence-corrected chi connectivity index (χ3v) is 4.19. The molecular formula is C14H22N2O3S. The molecule has 1 aromatic heterocycles. The molecule has 0 saturated carbocycles. The lowest BCUT2D eigenvalue weighted by Crippen LogP contribution is -2.47. The summed E-state index contributed by atoms with van der Waals surface area (Å²) in [7, 11) is 0. The monoisotopic (exact) mass is 298 g/mol. The fraction of sp³-hybridized carbons (Fsp3) is 0.571. The summed E-state index contributed by atoms with van der Waals surface area (Å²) in [5.41, 5.74) is -0.392. The van der Waals surface area contributed by atoms with E-state index in [0.717, 1.165) is 6.42 Å². The number of aliphatic hydroxyl groups is 1. The van der Waals surface area contributed by atoms with Crippen LogP contribution in [0, 0.1) is 5.92 Å². The molecule has 20 heavy (non-hydrogen) atoms. The Hall–Kier alpha value is -1.40. The lowest BCUT2D eigenvalue weighted by atomic mass is 9.89. The van der Waals surface area contributed by atoms with E-state index in [0.29, 0.717) is 5.56 Å². The number of rotatable bonds is 7. The summed E-state index contributed by atoms with van der Waals surface area (Å²) in [6, 6.07) is 1.70. The van der Waals surface area contributed by atoms with Gasteiger partial charge in [0.2, 0.25) is 5.91 Å². The summed E-state index contributed by atoms with van der Waals surface area (Å²) in [6.45, 7) is 5.71. The normalized spacial score (nSPS) is 15.2. The van der Waals surface area contributed by atoms with Gasteiger partial charge in [-0.25, -0.2) is 0 Å². The first-order valence-electron chi connectivity index (χ1n) is 6.66. The van der Waals surface area contributed by atoms with E-state index >= 15 is 0 Å². The topological polar surface area (TPSA) is 78.4 Å². The second-order valence-electron chi connectivity index (χ2n) is 5.14. The smallest absolute Gasteiger partial charge is 0.252 e. The van der Waals surface area contributed by atoms with Crippen LogP contribution in [0.15, 0.2) is 16.8 Å². The van der Waals surface area contributed by atoms with Gasteiger partial charge >= 0.3 is 0 Å². The Labute approximate surface area is 123 Å². The minimum atomic E-state index is -0.943. The van der Waals surface area contributed by atoms with E-state index in [-0.39, 0.29) is 30.8 Å². The Morgan fingerprint density at radius 1 is 1.45 bits per heavy atom. The number of nitrogens with one attached hydrogen (secondary N) is 2. The van der Waals surface area contributed by atoms with Crippen molar-refractivity contribution < 1.29 is 14.7 Å². The molecule has 2 unspecified atom stereocenters. The molecule has 1 aromatic rings. The number of carbonyl (C=O) groups excluding carboxylic acids is 2. The molecule has 0 aliphatic carbocycles. The van der Waals surface area contributed by atoms with Crippen LogP contribution in [0.25, 0.3) is 0 Å². The molecule has 1 heterocycles. The summed E-state index contributed by atoms with van der Waals surface area (Å²) in [4.78, 5) is 23.3. The van der Waals surface area contributed by atoms with Gasteiger partial charge in [-0.2, -0.15) is 11.3 Å². The Morgan fingerprint density at radius 2 is 2.15 bits per heavy atom. The maximum Gasteiger partial charge on any atom is 0.252 e. The highest BCUT2D eigenvalue weighted by Gasteiger charge is 2.27. The maximum absolute atomic E-state index is 11.6. The first kappa shape index (κ1) is 16.7. The van der Waals surface area contributed by atoms with Crippen molar-refractivity contribution in [3.63, 3.8) is 0 Å². The highest BCUT2D eigenvalue weighted by atomic mass is 32.1. The van der Waals surface area contributed by atoms with Crippen molar-refractivity contribution in [2.75, 3.05) is 13.1 Å². The fourth-order valence-electron chi connectivity index (χ4n) is 1.61. The van der Waals surface area contributed by atoms with Gasteiger partial charge in [-0.15, -0.1) is 0 Å². The Kier molecular flexibility index (Phi) is 6.16. The van der Waals surface area contributed by atoms with Crippen LogP contribution in [-0.2, 0) is 4.79 Å². The molecule has 6 heteroatoms. The third kappa shape index (κ3) is 4.94. The van der Waals surface area contributed by atoms with Gasteiger partial charge in [-0.1, -0.05) is 20.3 Å². The zero-order valence-corrected chi connectivity index (χ0v) is 12.9. The van der Waals surface area contributed by atoms with Crippen molar-refractivity contribution in [2.24, 2.45) is 5.92 Å². The first-order valence-corrected chi connectivity index (χ1v) is 7.60. The van der Waals surface area contributed by atoms with Crippen LogP contribution < -0.4 is 10.6 Å². The van der Waals surface area contributed by atoms with E-state index in [9.17, 15) is 14.7 Å². The SMILES string of the molecule is CCC(C)C(C)(O)CNC(=O)CNC(=O)c1ccsc1. The van der Waals surface area contributed by atoms with E-state index in [1.54, 1.807) is 23.8 Å². The van der Waals surface area contributed by atoms with Gasteiger partial charge in [-0.3, -0.25) is 9.59 Å². The average molecular weight is 298 g/mol. The van der Waals surface area contributed by atoms with Crippen LogP contribution in [0.5, 0.6) is 0 Å². The maximum atomic E-state index is 11.6. The Balaban J connectivity index is 2.32. The number of carbonyl (C=O) groups is 2. The molecule has 0 bridgehead atoms. The van der Waals surface area contributed by atoms with Gasteiger partial charge in [0, 0.05) is 17.5 Å². The van der Waals surface area contributed by atoms with Gasteiger partial charge < -0.3 is 15.7 Å². The zero-order valence-electron chi connectivity index (χ0n) is 12.1. The number of amides is 2. The molecule has 0 spiro atoms. The molecule has 0 aliphatic rings. The quantitative estimate of drug-likeness (QED) is 0.712. The molecular weight excluding hydrogens is 276 g/mol. The number of thiophene rings is 1. The molecule has 0 saturated heterocycles. The molecule has 5 nitrogen and oxygen atoms in total. The lowest BCUT2D eigenvalue weighted by Gasteiger charge is -2.29. The van der Waals surface area contributed by atoms with Gasteiger partial charge in [0.1, 0.15) is 0 Å². The van der Waals surface area contributed by atoms with Crippen molar-refractivity contribution in [3.05, 3.63) is 22.4 Å².